The Balaban J connectivity index is 4.44. The van der Waals surface area contributed by atoms with E-state index < -0.39 is 0 Å². The molecule has 0 bridgehead atoms. The Hall–Kier alpha value is -0.235. The summed E-state index contributed by atoms with van der Waals surface area (Å²) >= 11 is 3.98. The van der Waals surface area contributed by atoms with Crippen molar-refractivity contribution >= 4 is 36.2 Å². The smallest absolute Gasteiger partial charge is 0.112 e. The highest BCUT2D eigenvalue weighted by molar-refractivity contribution is 7.80. The number of rotatable bonds is 4. The Kier molecular flexibility index (Phi) is 6.18. The van der Waals surface area contributed by atoms with Gasteiger partial charge in [-0.05, 0) is 6.42 Å². The molecule has 0 aliphatic heterocycles. The van der Waals surface area contributed by atoms with Gasteiger partial charge in [0.25, 0.3) is 0 Å². The molecule has 0 fully saturated rings. The van der Waals surface area contributed by atoms with E-state index >= 15 is 0 Å². The Morgan fingerprint density at radius 1 is 1.33 bits per heavy atom. The van der Waals surface area contributed by atoms with Gasteiger partial charge in [-0.1, -0.05) is 12.2 Å². The van der Waals surface area contributed by atoms with E-state index in [1.807, 2.05) is 0 Å². The maximum atomic E-state index is 5.60. The van der Waals surface area contributed by atoms with Crippen LogP contribution in [0, 0.1) is 0 Å². The van der Waals surface area contributed by atoms with E-state index in [1.54, 1.807) is 12.2 Å². The summed E-state index contributed by atoms with van der Waals surface area (Å²) in [5, 5.41) is 0. The molecule has 0 aromatic rings. The third-order valence-corrected chi connectivity index (χ3v) is 1.62. The van der Waals surface area contributed by atoms with Crippen molar-refractivity contribution in [3.05, 3.63) is 35.1 Å². The van der Waals surface area contributed by atoms with Gasteiger partial charge in [0.2, 0.25) is 0 Å². The molecule has 0 spiro atoms. The molecule has 0 heterocycles. The Morgan fingerprint density at radius 2 is 1.92 bits per heavy atom. The van der Waals surface area contributed by atoms with Gasteiger partial charge >= 0.3 is 0 Å². The van der Waals surface area contributed by atoms with Crippen LogP contribution < -0.4 is 0 Å². The third kappa shape index (κ3) is 4.60. The van der Waals surface area contributed by atoms with Crippen LogP contribution in [0.25, 0.3) is 0 Å². The zero-order chi connectivity index (χ0) is 9.56. The fourth-order valence-electron chi connectivity index (χ4n) is 0.611. The lowest BCUT2D eigenvalue weighted by atomic mass is 9.76. The van der Waals surface area contributed by atoms with Crippen LogP contribution >= 0.6 is 12.6 Å². The molecule has 0 atom stereocenters. The second-order valence-electron chi connectivity index (χ2n) is 2.35. The highest BCUT2D eigenvalue weighted by Gasteiger charge is 1.91. The summed E-state index contributed by atoms with van der Waals surface area (Å²) in [5.41, 5.74) is 1.67. The predicted molar refractivity (Wildman–Crippen MR) is 61.0 cm³/mol. The molecule has 4 heteroatoms. The second kappa shape index (κ2) is 6.30. The molecule has 12 heavy (non-hydrogen) atoms. The fraction of sp³-hybridized carbons (Fsp3) is 0.250. The van der Waals surface area contributed by atoms with E-state index in [4.69, 9.17) is 23.5 Å². The fourth-order valence-corrected chi connectivity index (χ4v) is 0.703. The number of thiol groups is 1. The normalized spacial score (nSPS) is 13.9. The van der Waals surface area contributed by atoms with Gasteiger partial charge in [-0.25, -0.2) is 0 Å². The van der Waals surface area contributed by atoms with Gasteiger partial charge in [-0.15, -0.1) is 23.0 Å². The standard InChI is InChI=1S/C8H9B3S/c1-2-3-7(10)8(11)4-6(9)5-12/h2,4,12H,1,3,5H2/b6-4+,8-7-. The van der Waals surface area contributed by atoms with Gasteiger partial charge in [0.05, 0.1) is 0 Å². The van der Waals surface area contributed by atoms with Crippen molar-refractivity contribution in [1.29, 1.82) is 0 Å². The van der Waals surface area contributed by atoms with Crippen LogP contribution in [0.3, 0.4) is 0 Å². The van der Waals surface area contributed by atoms with Crippen molar-refractivity contribution in [2.45, 2.75) is 6.42 Å². The first-order valence-corrected chi connectivity index (χ1v) is 4.17. The Bertz CT molecular complexity index is 218. The average Bonchev–Trinajstić information content (AvgIpc) is 2.04. The van der Waals surface area contributed by atoms with E-state index in [0.717, 1.165) is 0 Å². The maximum Gasteiger partial charge on any atom is 0.112 e. The summed E-state index contributed by atoms with van der Waals surface area (Å²) in [4.78, 5) is 0. The van der Waals surface area contributed by atoms with Crippen LogP contribution in [0.5, 0.6) is 0 Å². The molecule has 0 aliphatic rings. The molecule has 0 saturated heterocycles. The molecule has 0 unspecified atom stereocenters. The topological polar surface area (TPSA) is 0 Å². The monoisotopic (exact) mass is 170 g/mol. The van der Waals surface area contributed by atoms with Gasteiger partial charge in [0, 0.05) is 5.75 Å². The molecule has 0 aromatic carbocycles. The van der Waals surface area contributed by atoms with Gasteiger partial charge in [-0.2, -0.15) is 12.6 Å². The van der Waals surface area contributed by atoms with Gasteiger partial charge < -0.3 is 0 Å². The molecule has 0 aliphatic carbocycles. The quantitative estimate of drug-likeness (QED) is 0.277. The van der Waals surface area contributed by atoms with Crippen molar-refractivity contribution < 1.29 is 0 Å². The van der Waals surface area contributed by atoms with E-state index in [1.165, 1.54) is 0 Å². The average molecular weight is 170 g/mol. The molecule has 6 radical (unpaired) electrons. The lowest BCUT2D eigenvalue weighted by molar-refractivity contribution is 1.35. The number of hydrogen-bond donors (Lipinski definition) is 1. The summed E-state index contributed by atoms with van der Waals surface area (Å²) in [7, 11) is 16.7. The Morgan fingerprint density at radius 3 is 2.33 bits per heavy atom. The third-order valence-electron chi connectivity index (χ3n) is 1.26. The van der Waals surface area contributed by atoms with Crippen LogP contribution in [0.4, 0.5) is 0 Å². The first-order chi connectivity index (χ1) is 5.61. The molecule has 0 amide bonds. The SMILES string of the molecule is [B]/C(=C/C([B])=C(/[B])CC=C)CS. The lowest BCUT2D eigenvalue weighted by Gasteiger charge is -2.03. The second-order valence-corrected chi connectivity index (χ2v) is 2.67. The van der Waals surface area contributed by atoms with E-state index in [0.29, 0.717) is 28.6 Å². The zero-order valence-electron chi connectivity index (χ0n) is 6.96. The lowest BCUT2D eigenvalue weighted by Crippen LogP contribution is -1.91. The minimum absolute atomic E-state index is 0.474. The summed E-state index contributed by atoms with van der Waals surface area (Å²) in [5.74, 6) is 0.474. The van der Waals surface area contributed by atoms with Crippen molar-refractivity contribution in [2.24, 2.45) is 0 Å². The number of allylic oxidation sites excluding steroid dienone is 4. The van der Waals surface area contributed by atoms with Crippen LogP contribution in [0.2, 0.25) is 0 Å². The minimum atomic E-state index is 0.474. The van der Waals surface area contributed by atoms with Crippen LogP contribution in [-0.4, -0.2) is 29.3 Å². The molecular formula is C8H9B3S. The van der Waals surface area contributed by atoms with E-state index in [9.17, 15) is 0 Å². The largest absolute Gasteiger partial charge is 0.176 e. The van der Waals surface area contributed by atoms with Crippen molar-refractivity contribution in [1.82, 2.24) is 0 Å². The van der Waals surface area contributed by atoms with Crippen molar-refractivity contribution in [3.8, 4) is 0 Å². The van der Waals surface area contributed by atoms with E-state index in [-0.39, 0.29) is 0 Å². The first kappa shape index (κ1) is 11.8. The van der Waals surface area contributed by atoms with E-state index in [2.05, 4.69) is 19.2 Å². The summed E-state index contributed by atoms with van der Waals surface area (Å²) < 4.78 is 0. The molecule has 0 aromatic heterocycles. The van der Waals surface area contributed by atoms with Gasteiger partial charge in [0.1, 0.15) is 23.5 Å². The summed E-state index contributed by atoms with van der Waals surface area (Å²) in [6, 6.07) is 0. The molecular weight excluding hydrogens is 161 g/mol. The molecule has 0 saturated carbocycles. The van der Waals surface area contributed by atoms with Crippen LogP contribution in [0.15, 0.2) is 35.1 Å². The minimum Gasteiger partial charge on any atom is -0.176 e. The molecule has 0 rings (SSSR count). The summed E-state index contributed by atoms with van der Waals surface area (Å²) in [6.45, 7) is 3.55. The molecule has 56 valence electrons. The zero-order valence-corrected chi connectivity index (χ0v) is 7.85. The van der Waals surface area contributed by atoms with Crippen molar-refractivity contribution in [2.75, 3.05) is 5.75 Å². The maximum absolute atomic E-state index is 5.60. The van der Waals surface area contributed by atoms with Gasteiger partial charge in [0.15, 0.2) is 0 Å². The van der Waals surface area contributed by atoms with Gasteiger partial charge in [-0.3, -0.25) is 0 Å². The van der Waals surface area contributed by atoms with Crippen molar-refractivity contribution in [3.63, 3.8) is 0 Å². The number of hydrogen-bond acceptors (Lipinski definition) is 1. The predicted octanol–water partition coefficient (Wildman–Crippen LogP) is 1.09. The van der Waals surface area contributed by atoms with Crippen LogP contribution in [0.1, 0.15) is 6.42 Å². The highest BCUT2D eigenvalue weighted by atomic mass is 32.1. The summed E-state index contributed by atoms with van der Waals surface area (Å²) in [6.07, 6.45) is 3.88. The first-order valence-electron chi connectivity index (χ1n) is 3.53. The molecule has 0 N–H and O–H groups in total. The Labute approximate surface area is 83.8 Å². The highest BCUT2D eigenvalue weighted by Crippen LogP contribution is 2.06. The molecule has 0 nitrogen and oxygen atoms in total. The van der Waals surface area contributed by atoms with Crippen LogP contribution in [-0.2, 0) is 0 Å².